The molecule has 196 valence electrons. The number of pyridine rings is 2. The van der Waals surface area contributed by atoms with E-state index in [0.717, 1.165) is 74.3 Å². The smallest absolute Gasteiger partial charge is 0.245 e. The van der Waals surface area contributed by atoms with Crippen LogP contribution in [0.5, 0.6) is 0 Å². The Morgan fingerprint density at radius 2 is 1.79 bits per heavy atom. The van der Waals surface area contributed by atoms with Crippen molar-refractivity contribution in [3.05, 3.63) is 53.4 Å². The molecule has 3 fully saturated rings. The van der Waals surface area contributed by atoms with Crippen LogP contribution in [0.1, 0.15) is 54.5 Å². The Bertz CT molecular complexity index is 1490. The van der Waals surface area contributed by atoms with Gasteiger partial charge in [0.25, 0.3) is 0 Å². The molecule has 3 N–H and O–H groups in total. The first kappa shape index (κ1) is 23.7. The molecule has 0 spiro atoms. The number of rotatable bonds is 5. The van der Waals surface area contributed by atoms with Gasteiger partial charge in [0.1, 0.15) is 12.0 Å². The zero-order valence-electron chi connectivity index (χ0n) is 20.7. The van der Waals surface area contributed by atoms with Crippen LogP contribution in [0.2, 0.25) is 0 Å². The average molecular weight is 521 g/mol. The minimum atomic E-state index is -2.62. The molecule has 8 nitrogen and oxygen atoms in total. The molecule has 7 rings (SSSR count). The van der Waals surface area contributed by atoms with E-state index < -0.39 is 23.6 Å². The highest BCUT2D eigenvalue weighted by Crippen LogP contribution is 2.49. The predicted molar refractivity (Wildman–Crippen MR) is 138 cm³/mol. The molecule has 0 aromatic carbocycles. The first-order chi connectivity index (χ1) is 18.4. The highest BCUT2D eigenvalue weighted by molar-refractivity contribution is 5.96. The van der Waals surface area contributed by atoms with Crippen LogP contribution in [0.25, 0.3) is 22.3 Å². The Balaban J connectivity index is 1.41. The van der Waals surface area contributed by atoms with Gasteiger partial charge in [-0.25, -0.2) is 23.7 Å². The van der Waals surface area contributed by atoms with Crippen molar-refractivity contribution in [2.24, 2.45) is 10.7 Å². The van der Waals surface area contributed by atoms with Crippen molar-refractivity contribution >= 4 is 22.7 Å². The molecule has 38 heavy (non-hydrogen) atoms. The Kier molecular flexibility index (Phi) is 5.48. The van der Waals surface area contributed by atoms with Crippen LogP contribution < -0.4 is 16.0 Å². The summed E-state index contributed by atoms with van der Waals surface area (Å²) in [6, 6.07) is 3.13. The largest absolute Gasteiger partial charge is 0.353 e. The van der Waals surface area contributed by atoms with E-state index in [9.17, 15) is 8.78 Å². The number of aliphatic imine (C=N–C) groups is 1. The lowest BCUT2D eigenvalue weighted by atomic mass is 9.94. The molecule has 2 aliphatic carbocycles. The molecule has 2 unspecified atom stereocenters. The minimum absolute atomic E-state index is 0.186. The van der Waals surface area contributed by atoms with Gasteiger partial charge in [-0.05, 0) is 49.3 Å². The summed E-state index contributed by atoms with van der Waals surface area (Å²) >= 11 is 0. The van der Waals surface area contributed by atoms with Crippen molar-refractivity contribution in [3.8, 4) is 11.4 Å². The van der Waals surface area contributed by atoms with Gasteiger partial charge in [0.15, 0.2) is 11.7 Å². The number of anilines is 1. The van der Waals surface area contributed by atoms with Gasteiger partial charge in [0.2, 0.25) is 11.6 Å². The summed E-state index contributed by atoms with van der Waals surface area (Å²) in [6.45, 7) is 3.29. The second-order valence-electron chi connectivity index (χ2n) is 10.5. The molecule has 4 aliphatic rings. The highest BCUT2D eigenvalue weighted by atomic mass is 19.2. The van der Waals surface area contributed by atoms with Crippen LogP contribution in [0.3, 0.4) is 0 Å². The number of nitrogens with zero attached hydrogens (tertiary/aromatic N) is 6. The van der Waals surface area contributed by atoms with Crippen molar-refractivity contribution in [2.45, 2.75) is 49.4 Å². The van der Waals surface area contributed by atoms with Crippen LogP contribution >= 0.6 is 0 Å². The third-order valence-corrected chi connectivity index (χ3v) is 7.79. The molecule has 1 saturated heterocycles. The maximum Gasteiger partial charge on any atom is 0.245 e. The van der Waals surface area contributed by atoms with E-state index >= 15 is 4.39 Å². The van der Waals surface area contributed by atoms with Crippen LogP contribution in [-0.2, 0) is 5.67 Å². The predicted octanol–water partition coefficient (Wildman–Crippen LogP) is 3.94. The van der Waals surface area contributed by atoms with Gasteiger partial charge in [-0.1, -0.05) is 0 Å². The fourth-order valence-corrected chi connectivity index (χ4v) is 5.37. The Morgan fingerprint density at radius 3 is 2.53 bits per heavy atom. The molecule has 0 radical (unpaired) electrons. The lowest BCUT2D eigenvalue weighted by Crippen LogP contribution is -2.44. The molecule has 0 amide bonds. The first-order valence-corrected chi connectivity index (χ1v) is 13.1. The zero-order chi connectivity index (χ0) is 26.0. The number of aromatic nitrogens is 4. The van der Waals surface area contributed by atoms with E-state index in [2.05, 4.69) is 20.2 Å². The van der Waals surface area contributed by atoms with E-state index in [4.69, 9.17) is 20.7 Å². The quantitative estimate of drug-likeness (QED) is 0.525. The number of hydrogen-bond acceptors (Lipinski definition) is 8. The Morgan fingerprint density at radius 1 is 1.03 bits per heavy atom. The van der Waals surface area contributed by atoms with Gasteiger partial charge in [-0.2, -0.15) is 4.39 Å². The maximum atomic E-state index is 15.9. The van der Waals surface area contributed by atoms with Crippen LogP contribution in [0, 0.1) is 0 Å². The summed E-state index contributed by atoms with van der Waals surface area (Å²) in [5, 5.41) is 4.46. The lowest BCUT2D eigenvalue weighted by molar-refractivity contribution is 0.177. The summed E-state index contributed by atoms with van der Waals surface area (Å²) in [6.07, 6.45) is 6.64. The van der Waals surface area contributed by atoms with Gasteiger partial charge in [0.05, 0.1) is 16.9 Å². The summed E-state index contributed by atoms with van der Waals surface area (Å²) in [5.41, 5.74) is 6.49. The summed E-state index contributed by atoms with van der Waals surface area (Å²) < 4.78 is 43.5. The monoisotopic (exact) mass is 520 g/mol. The van der Waals surface area contributed by atoms with E-state index in [-0.39, 0.29) is 5.69 Å². The van der Waals surface area contributed by atoms with Crippen molar-refractivity contribution in [3.63, 3.8) is 0 Å². The van der Waals surface area contributed by atoms with E-state index in [1.807, 2.05) is 6.20 Å². The number of alkyl halides is 1. The van der Waals surface area contributed by atoms with Gasteiger partial charge in [-0.3, -0.25) is 9.97 Å². The highest BCUT2D eigenvalue weighted by Gasteiger charge is 2.43. The second kappa shape index (κ2) is 8.81. The molecule has 2 aliphatic heterocycles. The summed E-state index contributed by atoms with van der Waals surface area (Å²) in [5.74, 6) is -0.739. The van der Waals surface area contributed by atoms with Crippen LogP contribution in [0.15, 0.2) is 41.4 Å². The fraction of sp³-hybridized carbons (Fsp3) is 0.444. The van der Waals surface area contributed by atoms with Crippen molar-refractivity contribution < 1.29 is 13.2 Å². The number of dihydropyridines is 1. The van der Waals surface area contributed by atoms with Gasteiger partial charge in [-0.15, -0.1) is 0 Å². The van der Waals surface area contributed by atoms with Crippen LogP contribution in [0.4, 0.5) is 19.0 Å². The minimum Gasteiger partial charge on any atom is -0.353 e. The second-order valence-corrected chi connectivity index (χ2v) is 10.5. The number of nitrogens with one attached hydrogen (secondary N) is 1. The number of fused-ring (bicyclic) bond motifs is 1. The lowest BCUT2D eigenvalue weighted by Gasteiger charge is -2.30. The number of halogens is 3. The molecule has 3 aromatic rings. The number of allylic oxidation sites excluding steroid dienone is 1. The van der Waals surface area contributed by atoms with E-state index in [1.54, 1.807) is 6.07 Å². The topological polar surface area (TPSA) is 105 Å². The van der Waals surface area contributed by atoms with Crippen molar-refractivity contribution in [2.75, 3.05) is 31.1 Å². The fourth-order valence-electron chi connectivity index (χ4n) is 5.37. The van der Waals surface area contributed by atoms with Gasteiger partial charge < -0.3 is 16.0 Å². The first-order valence-electron chi connectivity index (χ1n) is 13.1. The molecule has 2 saturated carbocycles. The number of hydrogen-bond donors (Lipinski definition) is 2. The van der Waals surface area contributed by atoms with E-state index in [0.29, 0.717) is 29.3 Å². The summed E-state index contributed by atoms with van der Waals surface area (Å²) in [7, 11) is 0. The molecular weight excluding hydrogens is 493 g/mol. The van der Waals surface area contributed by atoms with Gasteiger partial charge in [0, 0.05) is 61.5 Å². The third kappa shape index (κ3) is 3.95. The molecular formula is C27H27F3N8. The average Bonchev–Trinajstić information content (AvgIpc) is 3.85. The van der Waals surface area contributed by atoms with Crippen molar-refractivity contribution in [1.29, 1.82) is 0 Å². The zero-order valence-corrected chi connectivity index (χ0v) is 20.7. The third-order valence-electron chi connectivity index (χ3n) is 7.79. The standard InChI is InChI=1S/C27H27F3N8/c28-18-12-27(30,26(31)36-23(18)29)19-11-16(5-6-33-19)24-35-22-20(25(37-24)38-9-7-32-8-10-38)17(14-1-2-14)13-34-21(22)15-3-4-15/h5-6,11-15,26,32H,1-4,7-10,31H2. The Hall–Kier alpha value is -3.44. The normalized spacial score (nSPS) is 25.9. The number of nitrogens with two attached hydrogens (primary N) is 1. The summed E-state index contributed by atoms with van der Waals surface area (Å²) in [4.78, 5) is 24.6. The molecule has 2 atom stereocenters. The van der Waals surface area contributed by atoms with Crippen LogP contribution in [-0.4, -0.2) is 58.2 Å². The maximum absolute atomic E-state index is 15.9. The van der Waals surface area contributed by atoms with Gasteiger partial charge >= 0.3 is 0 Å². The Labute approximate surface area is 217 Å². The molecule has 5 heterocycles. The SMILES string of the molecule is NC1N=C(F)C(F)=CC1(F)c1cc(-c2nc(N3CCNCC3)c3c(C4CC4)cnc(C4CC4)c3n2)ccn1. The van der Waals surface area contributed by atoms with Crippen molar-refractivity contribution in [1.82, 2.24) is 25.3 Å². The molecule has 11 heteroatoms. The van der Waals surface area contributed by atoms with E-state index in [1.165, 1.54) is 17.8 Å². The number of piperazine rings is 1. The molecule has 0 bridgehead atoms. The molecule has 3 aromatic heterocycles.